The van der Waals surface area contributed by atoms with Crippen molar-refractivity contribution in [3.05, 3.63) is 0 Å². The second kappa shape index (κ2) is 5.78. The normalized spacial score (nSPS) is 24.2. The SMILES string of the molecule is CCC(C)(OC)C(=O)N1CCCC(C(N)=S)C1. The lowest BCUT2D eigenvalue weighted by Crippen LogP contribution is -2.52. The molecule has 0 spiro atoms. The molecular weight excluding hydrogens is 236 g/mol. The topological polar surface area (TPSA) is 55.6 Å². The number of ether oxygens (including phenoxy) is 1. The Morgan fingerprint density at radius 1 is 1.65 bits per heavy atom. The Kier molecular flexibility index (Phi) is 4.89. The zero-order chi connectivity index (χ0) is 13.1. The predicted molar refractivity (Wildman–Crippen MR) is 71.8 cm³/mol. The standard InChI is InChI=1S/C12H22N2O2S/c1-4-12(2,16-3)11(15)14-7-5-6-9(8-14)10(13)17/h9H,4-8H2,1-3H3,(H2,13,17). The van der Waals surface area contributed by atoms with Crippen molar-refractivity contribution in [2.24, 2.45) is 11.7 Å². The molecule has 0 bridgehead atoms. The fraction of sp³-hybridized carbons (Fsp3) is 0.833. The lowest BCUT2D eigenvalue weighted by Gasteiger charge is -2.37. The van der Waals surface area contributed by atoms with Crippen LogP contribution in [0.3, 0.4) is 0 Å². The van der Waals surface area contributed by atoms with Crippen LogP contribution in [-0.4, -0.2) is 41.6 Å². The maximum Gasteiger partial charge on any atom is 0.254 e. The Labute approximate surface area is 108 Å². The van der Waals surface area contributed by atoms with Crippen molar-refractivity contribution < 1.29 is 9.53 Å². The van der Waals surface area contributed by atoms with Gasteiger partial charge in [-0.25, -0.2) is 0 Å². The summed E-state index contributed by atoms with van der Waals surface area (Å²) >= 11 is 5.01. The van der Waals surface area contributed by atoms with E-state index in [-0.39, 0.29) is 11.8 Å². The van der Waals surface area contributed by atoms with Crippen LogP contribution in [0.5, 0.6) is 0 Å². The summed E-state index contributed by atoms with van der Waals surface area (Å²) in [5, 5.41) is 0. The summed E-state index contributed by atoms with van der Waals surface area (Å²) in [5.74, 6) is 0.198. The summed E-state index contributed by atoms with van der Waals surface area (Å²) in [6.45, 7) is 5.19. The van der Waals surface area contributed by atoms with Crippen LogP contribution in [0.2, 0.25) is 0 Å². The van der Waals surface area contributed by atoms with E-state index in [1.54, 1.807) is 7.11 Å². The monoisotopic (exact) mass is 258 g/mol. The van der Waals surface area contributed by atoms with E-state index >= 15 is 0 Å². The molecule has 0 aromatic heterocycles. The summed E-state index contributed by atoms with van der Waals surface area (Å²) in [6.07, 6.45) is 2.60. The molecule has 4 nitrogen and oxygen atoms in total. The van der Waals surface area contributed by atoms with Crippen LogP contribution in [0.15, 0.2) is 0 Å². The predicted octanol–water partition coefficient (Wildman–Crippen LogP) is 1.33. The molecule has 1 heterocycles. The molecule has 0 radical (unpaired) electrons. The van der Waals surface area contributed by atoms with Gasteiger partial charge in [0, 0.05) is 26.1 Å². The molecular formula is C12H22N2O2S. The molecule has 2 N–H and O–H groups in total. The van der Waals surface area contributed by atoms with Crippen molar-refractivity contribution in [1.29, 1.82) is 0 Å². The Morgan fingerprint density at radius 2 is 2.29 bits per heavy atom. The molecule has 98 valence electrons. The first-order valence-corrected chi connectivity index (χ1v) is 6.49. The number of methoxy groups -OCH3 is 1. The third kappa shape index (κ3) is 3.16. The number of nitrogens with zero attached hydrogens (tertiary/aromatic N) is 1. The first-order chi connectivity index (χ1) is 7.94. The highest BCUT2D eigenvalue weighted by atomic mass is 32.1. The number of amides is 1. The second-order valence-corrected chi connectivity index (χ2v) is 5.25. The Hall–Kier alpha value is -0.680. The quantitative estimate of drug-likeness (QED) is 0.773. The van der Waals surface area contributed by atoms with E-state index in [2.05, 4.69) is 0 Å². The average Bonchev–Trinajstić information content (AvgIpc) is 2.37. The number of rotatable bonds is 4. The van der Waals surface area contributed by atoms with Gasteiger partial charge in [-0.3, -0.25) is 4.79 Å². The molecule has 5 heteroatoms. The minimum absolute atomic E-state index is 0.0449. The molecule has 0 aliphatic carbocycles. The van der Waals surface area contributed by atoms with Crippen LogP contribution >= 0.6 is 12.2 Å². The van der Waals surface area contributed by atoms with Gasteiger partial charge in [0.2, 0.25) is 0 Å². The van der Waals surface area contributed by atoms with Gasteiger partial charge in [-0.05, 0) is 26.2 Å². The molecule has 1 aliphatic heterocycles. The highest BCUT2D eigenvalue weighted by molar-refractivity contribution is 7.80. The van der Waals surface area contributed by atoms with E-state index in [0.29, 0.717) is 18.0 Å². The third-order valence-corrected chi connectivity index (χ3v) is 4.02. The van der Waals surface area contributed by atoms with E-state index in [1.807, 2.05) is 18.7 Å². The number of hydrogen-bond donors (Lipinski definition) is 1. The van der Waals surface area contributed by atoms with Crippen molar-refractivity contribution in [3.63, 3.8) is 0 Å². The van der Waals surface area contributed by atoms with E-state index < -0.39 is 5.60 Å². The van der Waals surface area contributed by atoms with Gasteiger partial charge in [-0.2, -0.15) is 0 Å². The van der Waals surface area contributed by atoms with Crippen LogP contribution in [0.25, 0.3) is 0 Å². The van der Waals surface area contributed by atoms with Gasteiger partial charge in [0.15, 0.2) is 0 Å². The van der Waals surface area contributed by atoms with Crippen molar-refractivity contribution in [2.75, 3.05) is 20.2 Å². The van der Waals surface area contributed by atoms with E-state index in [4.69, 9.17) is 22.7 Å². The largest absolute Gasteiger partial charge is 0.393 e. The summed E-state index contributed by atoms with van der Waals surface area (Å²) < 4.78 is 5.34. The van der Waals surface area contributed by atoms with Crippen LogP contribution in [0.4, 0.5) is 0 Å². The number of likely N-dealkylation sites (tertiary alicyclic amines) is 1. The van der Waals surface area contributed by atoms with Crippen LogP contribution in [-0.2, 0) is 9.53 Å². The van der Waals surface area contributed by atoms with Crippen LogP contribution in [0, 0.1) is 5.92 Å². The lowest BCUT2D eigenvalue weighted by atomic mass is 9.94. The van der Waals surface area contributed by atoms with E-state index in [0.717, 1.165) is 19.4 Å². The Balaban J connectivity index is 2.72. The molecule has 2 atom stereocenters. The van der Waals surface area contributed by atoms with Gasteiger partial charge >= 0.3 is 0 Å². The smallest absolute Gasteiger partial charge is 0.254 e. The van der Waals surface area contributed by atoms with Crippen LogP contribution < -0.4 is 5.73 Å². The van der Waals surface area contributed by atoms with E-state index in [9.17, 15) is 4.79 Å². The first kappa shape index (κ1) is 14.4. The molecule has 0 aromatic carbocycles. The number of thiocarbonyl (C=S) groups is 1. The number of nitrogens with two attached hydrogens (primary N) is 1. The molecule has 1 aliphatic rings. The molecule has 0 aromatic rings. The van der Waals surface area contributed by atoms with Crippen molar-refractivity contribution in [3.8, 4) is 0 Å². The summed E-state index contributed by atoms with van der Waals surface area (Å²) in [7, 11) is 1.58. The molecule has 1 saturated heterocycles. The van der Waals surface area contributed by atoms with Crippen molar-refractivity contribution >= 4 is 23.1 Å². The zero-order valence-corrected chi connectivity index (χ0v) is 11.7. The van der Waals surface area contributed by atoms with Gasteiger partial charge in [-0.1, -0.05) is 19.1 Å². The number of carbonyl (C=O) groups excluding carboxylic acids is 1. The highest BCUT2D eigenvalue weighted by Gasteiger charge is 2.37. The second-order valence-electron chi connectivity index (χ2n) is 4.78. The van der Waals surface area contributed by atoms with Crippen molar-refractivity contribution in [1.82, 2.24) is 4.90 Å². The molecule has 17 heavy (non-hydrogen) atoms. The fourth-order valence-corrected chi connectivity index (χ4v) is 2.30. The molecule has 0 saturated carbocycles. The maximum atomic E-state index is 12.4. The minimum atomic E-state index is -0.724. The van der Waals surface area contributed by atoms with Gasteiger partial charge in [0.1, 0.15) is 5.60 Å². The average molecular weight is 258 g/mol. The van der Waals surface area contributed by atoms with Gasteiger partial charge < -0.3 is 15.4 Å². The third-order valence-electron chi connectivity index (χ3n) is 3.69. The van der Waals surface area contributed by atoms with Gasteiger partial charge in [0.05, 0.1) is 4.99 Å². The molecule has 1 amide bonds. The molecule has 1 rings (SSSR count). The number of carbonyl (C=O) groups is 1. The van der Waals surface area contributed by atoms with Gasteiger partial charge in [-0.15, -0.1) is 0 Å². The van der Waals surface area contributed by atoms with Crippen LogP contribution in [0.1, 0.15) is 33.1 Å². The summed E-state index contributed by atoms with van der Waals surface area (Å²) in [4.78, 5) is 14.7. The highest BCUT2D eigenvalue weighted by Crippen LogP contribution is 2.23. The Morgan fingerprint density at radius 3 is 2.76 bits per heavy atom. The fourth-order valence-electron chi connectivity index (χ4n) is 2.11. The Bertz CT molecular complexity index is 303. The minimum Gasteiger partial charge on any atom is -0.393 e. The number of hydrogen-bond acceptors (Lipinski definition) is 3. The zero-order valence-electron chi connectivity index (χ0n) is 10.9. The summed E-state index contributed by atoms with van der Waals surface area (Å²) in [5.41, 5.74) is 4.94. The van der Waals surface area contributed by atoms with Crippen molar-refractivity contribution in [2.45, 2.75) is 38.7 Å². The maximum absolute atomic E-state index is 12.4. The number of piperidine rings is 1. The van der Waals surface area contributed by atoms with E-state index in [1.165, 1.54) is 0 Å². The lowest BCUT2D eigenvalue weighted by molar-refractivity contribution is -0.154. The summed E-state index contributed by atoms with van der Waals surface area (Å²) in [6, 6.07) is 0. The first-order valence-electron chi connectivity index (χ1n) is 6.08. The molecule has 1 fully saturated rings. The molecule has 2 unspecified atom stereocenters. The van der Waals surface area contributed by atoms with Gasteiger partial charge in [0.25, 0.3) is 5.91 Å².